The Balaban J connectivity index is 1.85. The van der Waals surface area contributed by atoms with Gasteiger partial charge in [0.2, 0.25) is 5.91 Å². The lowest BCUT2D eigenvalue weighted by atomic mass is 10.2. The van der Waals surface area contributed by atoms with Gasteiger partial charge in [-0.05, 0) is 49.4 Å². The monoisotopic (exact) mass is 277 g/mol. The Morgan fingerprint density at radius 1 is 1.14 bits per heavy atom. The molecule has 0 atom stereocenters. The average molecular weight is 277 g/mol. The van der Waals surface area contributed by atoms with E-state index >= 15 is 0 Å². The standard InChI is InChI=1S/C17H15N3O/c1-2-5-16(21)18-13-10-8-12(9-11-13)17-19-14-6-3-4-7-15(14)20-17/h2-11H,1H3,(H,18,21)(H,19,20)/b5-2+. The van der Waals surface area contributed by atoms with E-state index in [9.17, 15) is 4.79 Å². The fourth-order valence-corrected chi connectivity index (χ4v) is 2.14. The first-order chi connectivity index (χ1) is 10.3. The molecule has 104 valence electrons. The van der Waals surface area contributed by atoms with Crippen molar-refractivity contribution in [2.75, 3.05) is 5.32 Å². The van der Waals surface area contributed by atoms with Crippen LogP contribution in [-0.2, 0) is 4.79 Å². The summed E-state index contributed by atoms with van der Waals surface area (Å²) in [6, 6.07) is 15.5. The molecule has 0 fully saturated rings. The van der Waals surface area contributed by atoms with Crippen LogP contribution in [0.4, 0.5) is 5.69 Å². The van der Waals surface area contributed by atoms with Crippen molar-refractivity contribution < 1.29 is 4.79 Å². The number of imidazole rings is 1. The molecule has 0 spiro atoms. The van der Waals surface area contributed by atoms with Crippen molar-refractivity contribution in [1.29, 1.82) is 0 Å². The second-order valence-electron chi connectivity index (χ2n) is 4.67. The first-order valence-electron chi connectivity index (χ1n) is 6.75. The van der Waals surface area contributed by atoms with Gasteiger partial charge in [-0.3, -0.25) is 4.79 Å². The molecule has 0 radical (unpaired) electrons. The molecule has 21 heavy (non-hydrogen) atoms. The van der Waals surface area contributed by atoms with Gasteiger partial charge in [-0.25, -0.2) is 4.98 Å². The number of fused-ring (bicyclic) bond motifs is 1. The minimum absolute atomic E-state index is 0.131. The van der Waals surface area contributed by atoms with Gasteiger partial charge in [-0.1, -0.05) is 18.2 Å². The van der Waals surface area contributed by atoms with Crippen molar-refractivity contribution in [2.24, 2.45) is 0 Å². The summed E-state index contributed by atoms with van der Waals surface area (Å²) in [6.07, 6.45) is 3.20. The second-order valence-corrected chi connectivity index (χ2v) is 4.67. The Hall–Kier alpha value is -2.88. The molecule has 4 nitrogen and oxygen atoms in total. The number of para-hydroxylation sites is 2. The van der Waals surface area contributed by atoms with E-state index in [1.54, 1.807) is 6.08 Å². The number of aromatic amines is 1. The van der Waals surface area contributed by atoms with Crippen LogP contribution in [0.1, 0.15) is 6.92 Å². The summed E-state index contributed by atoms with van der Waals surface area (Å²) >= 11 is 0. The number of rotatable bonds is 3. The Bertz CT molecular complexity index is 767. The third-order valence-corrected chi connectivity index (χ3v) is 3.13. The van der Waals surface area contributed by atoms with Crippen molar-refractivity contribution in [3.05, 3.63) is 60.7 Å². The van der Waals surface area contributed by atoms with Crippen LogP contribution in [0, 0.1) is 0 Å². The SMILES string of the molecule is C/C=C/C(=O)Nc1ccc(-c2nc3ccccc3[nH]2)cc1. The van der Waals surface area contributed by atoms with Gasteiger partial charge in [0.1, 0.15) is 5.82 Å². The number of carbonyl (C=O) groups excluding carboxylic acids is 1. The van der Waals surface area contributed by atoms with Gasteiger partial charge in [-0.2, -0.15) is 0 Å². The van der Waals surface area contributed by atoms with Crippen LogP contribution in [-0.4, -0.2) is 15.9 Å². The summed E-state index contributed by atoms with van der Waals surface area (Å²) in [5.41, 5.74) is 3.70. The van der Waals surface area contributed by atoms with Gasteiger partial charge in [0.15, 0.2) is 0 Å². The molecular weight excluding hydrogens is 262 g/mol. The number of nitrogens with zero attached hydrogens (tertiary/aromatic N) is 1. The van der Waals surface area contributed by atoms with Gasteiger partial charge in [-0.15, -0.1) is 0 Å². The molecule has 0 aliphatic heterocycles. The Labute approximate surface area is 122 Å². The fourth-order valence-electron chi connectivity index (χ4n) is 2.14. The summed E-state index contributed by atoms with van der Waals surface area (Å²) in [7, 11) is 0. The maximum Gasteiger partial charge on any atom is 0.248 e. The first-order valence-corrected chi connectivity index (χ1v) is 6.75. The van der Waals surface area contributed by atoms with E-state index < -0.39 is 0 Å². The van der Waals surface area contributed by atoms with Crippen LogP contribution in [0.5, 0.6) is 0 Å². The average Bonchev–Trinajstić information content (AvgIpc) is 2.92. The van der Waals surface area contributed by atoms with Crippen molar-refractivity contribution in [3.63, 3.8) is 0 Å². The number of nitrogens with one attached hydrogen (secondary N) is 2. The van der Waals surface area contributed by atoms with Gasteiger partial charge in [0, 0.05) is 11.3 Å². The van der Waals surface area contributed by atoms with Crippen molar-refractivity contribution in [1.82, 2.24) is 9.97 Å². The minimum atomic E-state index is -0.131. The lowest BCUT2D eigenvalue weighted by Crippen LogP contribution is -2.07. The number of hydrogen-bond acceptors (Lipinski definition) is 2. The van der Waals surface area contributed by atoms with E-state index in [1.165, 1.54) is 6.08 Å². The lowest BCUT2D eigenvalue weighted by molar-refractivity contribution is -0.111. The van der Waals surface area contributed by atoms with Crippen molar-refractivity contribution in [2.45, 2.75) is 6.92 Å². The molecule has 0 aliphatic rings. The zero-order valence-corrected chi connectivity index (χ0v) is 11.6. The van der Waals surface area contributed by atoms with Gasteiger partial charge >= 0.3 is 0 Å². The molecule has 0 bridgehead atoms. The van der Waals surface area contributed by atoms with Crippen LogP contribution in [0.2, 0.25) is 0 Å². The normalized spacial score (nSPS) is 11.1. The molecule has 1 aromatic heterocycles. The van der Waals surface area contributed by atoms with Crippen LogP contribution < -0.4 is 5.32 Å². The number of aromatic nitrogens is 2. The largest absolute Gasteiger partial charge is 0.338 e. The summed E-state index contributed by atoms with van der Waals surface area (Å²) in [6.45, 7) is 1.81. The third kappa shape index (κ3) is 2.84. The topological polar surface area (TPSA) is 57.8 Å². The predicted molar refractivity (Wildman–Crippen MR) is 85.0 cm³/mol. The maximum absolute atomic E-state index is 11.5. The fraction of sp³-hybridized carbons (Fsp3) is 0.0588. The van der Waals surface area contributed by atoms with Crippen LogP contribution in [0.25, 0.3) is 22.4 Å². The van der Waals surface area contributed by atoms with Gasteiger partial charge in [0.05, 0.1) is 11.0 Å². The summed E-state index contributed by atoms with van der Waals surface area (Å²) < 4.78 is 0. The summed E-state index contributed by atoms with van der Waals surface area (Å²) in [5, 5.41) is 2.79. The van der Waals surface area contributed by atoms with Crippen LogP contribution >= 0.6 is 0 Å². The Kier molecular flexibility index (Phi) is 3.51. The number of anilines is 1. The first kappa shape index (κ1) is 13.1. The highest BCUT2D eigenvalue weighted by atomic mass is 16.1. The summed E-state index contributed by atoms with van der Waals surface area (Å²) in [4.78, 5) is 19.3. The molecule has 1 amide bonds. The highest BCUT2D eigenvalue weighted by molar-refractivity contribution is 5.99. The Morgan fingerprint density at radius 2 is 1.90 bits per heavy atom. The molecule has 0 aliphatic carbocycles. The van der Waals surface area contributed by atoms with E-state index in [0.717, 1.165) is 28.1 Å². The molecule has 3 aromatic rings. The van der Waals surface area contributed by atoms with Gasteiger partial charge < -0.3 is 10.3 Å². The third-order valence-electron chi connectivity index (χ3n) is 3.13. The Morgan fingerprint density at radius 3 is 2.62 bits per heavy atom. The van der Waals surface area contributed by atoms with Crippen molar-refractivity contribution in [3.8, 4) is 11.4 Å². The lowest BCUT2D eigenvalue weighted by Gasteiger charge is -2.03. The highest BCUT2D eigenvalue weighted by Crippen LogP contribution is 2.21. The molecule has 2 N–H and O–H groups in total. The van der Waals surface area contributed by atoms with Crippen LogP contribution in [0.3, 0.4) is 0 Å². The van der Waals surface area contributed by atoms with E-state index in [1.807, 2.05) is 55.5 Å². The quantitative estimate of drug-likeness (QED) is 0.716. The second kappa shape index (κ2) is 5.63. The zero-order chi connectivity index (χ0) is 14.7. The van der Waals surface area contributed by atoms with E-state index in [-0.39, 0.29) is 5.91 Å². The number of benzene rings is 2. The minimum Gasteiger partial charge on any atom is -0.338 e. The molecule has 0 saturated carbocycles. The number of allylic oxidation sites excluding steroid dienone is 1. The van der Waals surface area contributed by atoms with E-state index in [2.05, 4.69) is 15.3 Å². The number of H-pyrrole nitrogens is 1. The zero-order valence-electron chi connectivity index (χ0n) is 11.6. The maximum atomic E-state index is 11.5. The predicted octanol–water partition coefficient (Wildman–Crippen LogP) is 3.74. The smallest absolute Gasteiger partial charge is 0.248 e. The van der Waals surface area contributed by atoms with E-state index in [4.69, 9.17) is 0 Å². The molecule has 1 heterocycles. The highest BCUT2D eigenvalue weighted by Gasteiger charge is 2.05. The molecule has 4 heteroatoms. The molecule has 3 rings (SSSR count). The van der Waals surface area contributed by atoms with E-state index in [0.29, 0.717) is 0 Å². The van der Waals surface area contributed by atoms with Crippen molar-refractivity contribution >= 4 is 22.6 Å². The molecule has 0 unspecified atom stereocenters. The summed E-state index contributed by atoms with van der Waals surface area (Å²) in [5.74, 6) is 0.691. The number of carbonyl (C=O) groups is 1. The number of hydrogen-bond donors (Lipinski definition) is 2. The molecule has 0 saturated heterocycles. The number of amides is 1. The molecule has 2 aromatic carbocycles. The van der Waals surface area contributed by atoms with Crippen LogP contribution in [0.15, 0.2) is 60.7 Å². The van der Waals surface area contributed by atoms with Gasteiger partial charge in [0.25, 0.3) is 0 Å². The molecular formula is C17H15N3O.